The quantitative estimate of drug-likeness (QED) is 0.835. The van der Waals surface area contributed by atoms with Crippen LogP contribution in [-0.2, 0) is 4.79 Å². The van der Waals surface area contributed by atoms with Crippen molar-refractivity contribution in [1.29, 1.82) is 0 Å². The van der Waals surface area contributed by atoms with Crippen molar-refractivity contribution in [3.63, 3.8) is 0 Å². The number of likely N-dealkylation sites (N-methyl/N-ethyl adjacent to an activating group) is 1. The molecule has 0 unspecified atom stereocenters. The molecule has 1 heterocycles. The molecule has 138 valence electrons. The van der Waals surface area contributed by atoms with Crippen molar-refractivity contribution in [2.45, 2.75) is 52.1 Å². The number of hydrogen-bond acceptors (Lipinski definition) is 3. The molecule has 1 aromatic rings. The first-order valence-electron chi connectivity index (χ1n) is 9.77. The van der Waals surface area contributed by atoms with Gasteiger partial charge in [-0.25, -0.2) is 0 Å². The number of carbonyl (C=O) groups excluding carboxylic acids is 1. The maximum Gasteiger partial charge on any atom is 0.237 e. The molecule has 0 bridgehead atoms. The highest BCUT2D eigenvalue weighted by atomic mass is 16.2. The summed E-state index contributed by atoms with van der Waals surface area (Å²) in [5.74, 6) is 1.99. The highest BCUT2D eigenvalue weighted by Crippen LogP contribution is 2.40. The average Bonchev–Trinajstić information content (AvgIpc) is 3.15. The number of anilines is 1. The summed E-state index contributed by atoms with van der Waals surface area (Å²) in [5, 5.41) is 6.54. The van der Waals surface area contributed by atoms with Crippen LogP contribution < -0.4 is 15.5 Å². The van der Waals surface area contributed by atoms with Crippen molar-refractivity contribution in [2.75, 3.05) is 25.0 Å². The average molecular weight is 344 g/mol. The Morgan fingerprint density at radius 3 is 2.56 bits per heavy atom. The monoisotopic (exact) mass is 343 g/mol. The van der Waals surface area contributed by atoms with Crippen LogP contribution in [0.15, 0.2) is 24.3 Å². The van der Waals surface area contributed by atoms with Gasteiger partial charge in [0.1, 0.15) is 0 Å². The van der Waals surface area contributed by atoms with Crippen LogP contribution in [0.4, 0.5) is 5.69 Å². The minimum atomic E-state index is -0.0753. The van der Waals surface area contributed by atoms with Gasteiger partial charge in [-0.3, -0.25) is 4.79 Å². The van der Waals surface area contributed by atoms with Gasteiger partial charge in [0.2, 0.25) is 5.91 Å². The molecule has 1 saturated carbocycles. The predicted octanol–water partition coefficient (Wildman–Crippen LogP) is 2.96. The lowest BCUT2D eigenvalue weighted by molar-refractivity contribution is -0.124. The number of amides is 1. The second-order valence-corrected chi connectivity index (χ2v) is 8.33. The van der Waals surface area contributed by atoms with Gasteiger partial charge in [0.05, 0.1) is 6.04 Å². The van der Waals surface area contributed by atoms with Gasteiger partial charge < -0.3 is 15.5 Å². The summed E-state index contributed by atoms with van der Waals surface area (Å²) >= 11 is 0. The van der Waals surface area contributed by atoms with Crippen LogP contribution in [-0.4, -0.2) is 38.1 Å². The van der Waals surface area contributed by atoms with E-state index in [0.29, 0.717) is 23.8 Å². The van der Waals surface area contributed by atoms with E-state index >= 15 is 0 Å². The maximum atomic E-state index is 12.7. The molecular formula is C21H33N3O. The third-order valence-electron chi connectivity index (χ3n) is 5.96. The summed E-state index contributed by atoms with van der Waals surface area (Å²) in [6, 6.07) is 9.08. The van der Waals surface area contributed by atoms with Crippen molar-refractivity contribution < 1.29 is 4.79 Å². The summed E-state index contributed by atoms with van der Waals surface area (Å²) in [7, 11) is 1.89. The molecule has 1 saturated heterocycles. The molecule has 1 aliphatic heterocycles. The van der Waals surface area contributed by atoms with E-state index < -0.39 is 0 Å². The minimum absolute atomic E-state index is 0.0753. The Morgan fingerprint density at radius 2 is 1.92 bits per heavy atom. The van der Waals surface area contributed by atoms with Crippen LogP contribution in [0.25, 0.3) is 0 Å². The van der Waals surface area contributed by atoms with E-state index in [1.54, 1.807) is 0 Å². The van der Waals surface area contributed by atoms with Gasteiger partial charge in [-0.1, -0.05) is 31.5 Å². The Morgan fingerprint density at radius 1 is 1.20 bits per heavy atom. The maximum absolute atomic E-state index is 12.7. The van der Waals surface area contributed by atoms with Crippen LogP contribution in [0.5, 0.6) is 0 Å². The van der Waals surface area contributed by atoms with E-state index in [2.05, 4.69) is 60.6 Å². The standard InChI is InChI=1S/C21H33N3O/c1-14(2)11-20(22-4)21(25)23-19-10-7-16-12-24(13-18(16)19)17-8-5-15(3)6-9-17/h5-6,8-9,14,16,18-20,22H,7,10-13H2,1-4H3,(H,23,25)/t16-,18+,19+,20+/m1/s1. The van der Waals surface area contributed by atoms with Crippen molar-refractivity contribution in [3.8, 4) is 0 Å². The third kappa shape index (κ3) is 4.17. The SMILES string of the molecule is CN[C@@H](CC(C)C)C(=O)N[C@H]1CC[C@@H]2CN(c3ccc(C)cc3)C[C@@H]21. The molecule has 2 fully saturated rings. The first-order valence-corrected chi connectivity index (χ1v) is 9.77. The van der Waals surface area contributed by atoms with Gasteiger partial charge in [0, 0.05) is 30.7 Å². The number of nitrogens with zero attached hydrogens (tertiary/aromatic N) is 1. The van der Waals surface area contributed by atoms with Crippen LogP contribution in [0.2, 0.25) is 0 Å². The fraction of sp³-hybridized carbons (Fsp3) is 0.667. The zero-order valence-electron chi connectivity index (χ0n) is 16.1. The lowest BCUT2D eigenvalue weighted by Crippen LogP contribution is -2.49. The molecule has 3 rings (SSSR count). The summed E-state index contributed by atoms with van der Waals surface area (Å²) in [6.07, 6.45) is 3.24. The van der Waals surface area contributed by atoms with Gasteiger partial charge in [-0.05, 0) is 57.2 Å². The topological polar surface area (TPSA) is 44.4 Å². The van der Waals surface area contributed by atoms with Crippen LogP contribution in [0, 0.1) is 24.7 Å². The van der Waals surface area contributed by atoms with Crippen LogP contribution >= 0.6 is 0 Å². The Labute approximate surface area is 152 Å². The highest BCUT2D eigenvalue weighted by Gasteiger charge is 2.43. The lowest BCUT2D eigenvalue weighted by Gasteiger charge is -2.25. The van der Waals surface area contributed by atoms with E-state index in [4.69, 9.17) is 0 Å². The first kappa shape index (κ1) is 18.2. The van der Waals surface area contributed by atoms with Crippen LogP contribution in [0.1, 0.15) is 38.7 Å². The molecule has 0 radical (unpaired) electrons. The van der Waals surface area contributed by atoms with Crippen LogP contribution in [0.3, 0.4) is 0 Å². The number of nitrogens with one attached hydrogen (secondary N) is 2. The summed E-state index contributed by atoms with van der Waals surface area (Å²) in [5.41, 5.74) is 2.62. The molecule has 4 heteroatoms. The third-order valence-corrected chi connectivity index (χ3v) is 5.96. The molecule has 4 nitrogen and oxygen atoms in total. The lowest BCUT2D eigenvalue weighted by atomic mass is 9.97. The molecule has 1 aliphatic carbocycles. The van der Waals surface area contributed by atoms with Crippen molar-refractivity contribution in [1.82, 2.24) is 10.6 Å². The Kier molecular flexibility index (Phi) is 5.67. The summed E-state index contributed by atoms with van der Waals surface area (Å²) in [4.78, 5) is 15.2. The van der Waals surface area contributed by atoms with Crippen molar-refractivity contribution in [3.05, 3.63) is 29.8 Å². The number of benzene rings is 1. The van der Waals surface area contributed by atoms with E-state index in [9.17, 15) is 4.79 Å². The number of aryl methyl sites for hydroxylation is 1. The molecule has 1 aromatic carbocycles. The Bertz CT molecular complexity index is 583. The van der Waals surface area contributed by atoms with Gasteiger partial charge in [0.25, 0.3) is 0 Å². The smallest absolute Gasteiger partial charge is 0.237 e. The van der Waals surface area contributed by atoms with Gasteiger partial charge in [-0.15, -0.1) is 0 Å². The second kappa shape index (κ2) is 7.77. The summed E-state index contributed by atoms with van der Waals surface area (Å²) in [6.45, 7) is 8.65. The fourth-order valence-corrected chi connectivity index (χ4v) is 4.52. The van der Waals surface area contributed by atoms with Gasteiger partial charge in [0.15, 0.2) is 0 Å². The first-order chi connectivity index (χ1) is 12.0. The number of fused-ring (bicyclic) bond motifs is 1. The molecule has 1 amide bonds. The van der Waals surface area contributed by atoms with Gasteiger partial charge in [-0.2, -0.15) is 0 Å². The second-order valence-electron chi connectivity index (χ2n) is 8.33. The molecular weight excluding hydrogens is 310 g/mol. The van der Waals surface area contributed by atoms with Crippen molar-refractivity contribution in [2.24, 2.45) is 17.8 Å². The molecule has 2 aliphatic rings. The van der Waals surface area contributed by atoms with Crippen molar-refractivity contribution >= 4 is 11.6 Å². The Balaban J connectivity index is 1.60. The number of carbonyl (C=O) groups is 1. The van der Waals surface area contributed by atoms with E-state index in [0.717, 1.165) is 25.9 Å². The Hall–Kier alpha value is -1.55. The highest BCUT2D eigenvalue weighted by molar-refractivity contribution is 5.82. The predicted molar refractivity (Wildman–Crippen MR) is 104 cm³/mol. The molecule has 2 N–H and O–H groups in total. The zero-order chi connectivity index (χ0) is 18.0. The minimum Gasteiger partial charge on any atom is -0.371 e. The largest absolute Gasteiger partial charge is 0.371 e. The fourth-order valence-electron chi connectivity index (χ4n) is 4.52. The summed E-state index contributed by atoms with van der Waals surface area (Å²) < 4.78 is 0. The zero-order valence-corrected chi connectivity index (χ0v) is 16.1. The van der Waals surface area contributed by atoms with Gasteiger partial charge >= 0.3 is 0 Å². The normalized spacial score (nSPS) is 26.8. The molecule has 0 spiro atoms. The number of hydrogen-bond donors (Lipinski definition) is 2. The van der Waals surface area contributed by atoms with E-state index in [1.165, 1.54) is 17.7 Å². The van der Waals surface area contributed by atoms with E-state index in [1.807, 2.05) is 7.05 Å². The van der Waals surface area contributed by atoms with E-state index in [-0.39, 0.29) is 11.9 Å². The molecule has 25 heavy (non-hydrogen) atoms. The number of rotatable bonds is 6. The molecule has 4 atom stereocenters. The molecule has 0 aromatic heterocycles.